The van der Waals surface area contributed by atoms with E-state index in [9.17, 15) is 4.79 Å². The molecule has 0 amide bonds. The van der Waals surface area contributed by atoms with Gasteiger partial charge in [0.25, 0.3) is 0 Å². The number of hydrogen-bond donors (Lipinski definition) is 2. The predicted octanol–water partition coefficient (Wildman–Crippen LogP) is 5.02. The van der Waals surface area contributed by atoms with Crippen LogP contribution < -0.4 is 5.32 Å². The summed E-state index contributed by atoms with van der Waals surface area (Å²) in [5, 5.41) is 4.41. The van der Waals surface area contributed by atoms with Gasteiger partial charge in [0.2, 0.25) is 0 Å². The molecule has 0 aliphatic rings. The van der Waals surface area contributed by atoms with Gasteiger partial charge in [-0.3, -0.25) is 0 Å². The summed E-state index contributed by atoms with van der Waals surface area (Å²) in [6, 6.07) is 16.6. The molecule has 0 aliphatic carbocycles. The average Bonchev–Trinajstić information content (AvgIpc) is 2.99. The number of carbonyl (C=O) groups is 1. The summed E-state index contributed by atoms with van der Waals surface area (Å²) in [7, 11) is 0. The molecule has 0 atom stereocenters. The summed E-state index contributed by atoms with van der Waals surface area (Å²) in [5.41, 5.74) is 6.17. The molecular formula is C21H22N2O2. The number of benzene rings is 2. The first-order chi connectivity index (χ1) is 12.1. The Morgan fingerprint density at radius 2 is 1.96 bits per heavy atom. The number of aromatic amines is 1. The lowest BCUT2D eigenvalue weighted by molar-refractivity contribution is -0.137. The zero-order chi connectivity index (χ0) is 17.8. The summed E-state index contributed by atoms with van der Waals surface area (Å²) in [4.78, 5) is 15.0. The lowest BCUT2D eigenvalue weighted by atomic mass is 10.1. The van der Waals surface area contributed by atoms with Crippen molar-refractivity contribution in [3.8, 4) is 11.3 Å². The Labute approximate surface area is 147 Å². The van der Waals surface area contributed by atoms with Crippen LogP contribution >= 0.6 is 0 Å². The van der Waals surface area contributed by atoms with Gasteiger partial charge < -0.3 is 15.0 Å². The second-order valence-electron chi connectivity index (χ2n) is 6.01. The van der Waals surface area contributed by atoms with E-state index in [4.69, 9.17) is 4.74 Å². The molecule has 1 heterocycles. The molecule has 25 heavy (non-hydrogen) atoms. The number of rotatable bonds is 5. The van der Waals surface area contributed by atoms with Gasteiger partial charge in [0.05, 0.1) is 6.61 Å². The topological polar surface area (TPSA) is 54.1 Å². The van der Waals surface area contributed by atoms with E-state index in [1.54, 1.807) is 6.92 Å². The summed E-state index contributed by atoms with van der Waals surface area (Å²) in [6.07, 6.45) is 1.47. The smallest absolute Gasteiger partial charge is 0.332 e. The number of anilines is 1. The van der Waals surface area contributed by atoms with Gasteiger partial charge in [0.15, 0.2) is 0 Å². The van der Waals surface area contributed by atoms with E-state index in [0.717, 1.165) is 39.1 Å². The van der Waals surface area contributed by atoms with Crippen LogP contribution in [0.2, 0.25) is 0 Å². The molecule has 0 saturated heterocycles. The van der Waals surface area contributed by atoms with E-state index in [-0.39, 0.29) is 5.97 Å². The standard InChI is InChI=1S/C21H22N2O2/c1-4-25-21(24)11-15(3)22-18-12-17-13-20(16-8-6-5-7-9-16)23-19(17)10-14(18)2/h5-13,22-23H,4H2,1-3H3. The molecule has 4 nitrogen and oxygen atoms in total. The highest BCUT2D eigenvalue weighted by Crippen LogP contribution is 2.29. The fourth-order valence-electron chi connectivity index (χ4n) is 2.81. The zero-order valence-corrected chi connectivity index (χ0v) is 14.7. The highest BCUT2D eigenvalue weighted by molar-refractivity contribution is 5.90. The van der Waals surface area contributed by atoms with Crippen molar-refractivity contribution in [2.75, 3.05) is 11.9 Å². The van der Waals surface area contributed by atoms with Crippen molar-refractivity contribution in [1.82, 2.24) is 4.98 Å². The van der Waals surface area contributed by atoms with Crippen LogP contribution in [0, 0.1) is 6.92 Å². The van der Waals surface area contributed by atoms with Crippen LogP contribution in [-0.4, -0.2) is 17.6 Å². The van der Waals surface area contributed by atoms with Crippen molar-refractivity contribution >= 4 is 22.6 Å². The van der Waals surface area contributed by atoms with Crippen molar-refractivity contribution in [2.24, 2.45) is 0 Å². The number of hydrogen-bond acceptors (Lipinski definition) is 3. The first-order valence-corrected chi connectivity index (χ1v) is 8.37. The quantitative estimate of drug-likeness (QED) is 0.509. The van der Waals surface area contributed by atoms with Gasteiger partial charge in [-0.15, -0.1) is 0 Å². The van der Waals surface area contributed by atoms with Crippen LogP contribution in [0.5, 0.6) is 0 Å². The van der Waals surface area contributed by atoms with Crippen molar-refractivity contribution in [3.63, 3.8) is 0 Å². The Bertz CT molecular complexity index is 924. The monoisotopic (exact) mass is 334 g/mol. The van der Waals surface area contributed by atoms with Gasteiger partial charge in [0.1, 0.15) is 0 Å². The molecule has 0 radical (unpaired) electrons. The largest absolute Gasteiger partial charge is 0.463 e. The molecule has 0 aliphatic heterocycles. The van der Waals surface area contributed by atoms with E-state index in [2.05, 4.69) is 40.6 Å². The normalized spacial score (nSPS) is 11.6. The third kappa shape index (κ3) is 3.91. The van der Waals surface area contributed by atoms with Crippen molar-refractivity contribution in [1.29, 1.82) is 0 Å². The highest BCUT2D eigenvalue weighted by atomic mass is 16.5. The lowest BCUT2D eigenvalue weighted by Gasteiger charge is -2.10. The number of esters is 1. The van der Waals surface area contributed by atoms with Crippen LogP contribution in [0.4, 0.5) is 5.69 Å². The minimum atomic E-state index is -0.334. The second kappa shape index (κ2) is 7.26. The molecule has 0 spiro atoms. The number of nitrogens with one attached hydrogen (secondary N) is 2. The molecule has 0 unspecified atom stereocenters. The first kappa shape index (κ1) is 16.8. The maximum Gasteiger partial charge on any atom is 0.332 e. The molecule has 0 saturated carbocycles. The number of fused-ring (bicyclic) bond motifs is 1. The molecule has 0 bridgehead atoms. The SMILES string of the molecule is CCOC(=O)C=C(C)Nc1cc2cc(-c3ccccc3)[nH]c2cc1C. The van der Waals surface area contributed by atoms with E-state index >= 15 is 0 Å². The van der Waals surface area contributed by atoms with Gasteiger partial charge in [-0.2, -0.15) is 0 Å². The minimum Gasteiger partial charge on any atom is -0.463 e. The molecule has 3 aromatic rings. The lowest BCUT2D eigenvalue weighted by Crippen LogP contribution is -2.04. The second-order valence-corrected chi connectivity index (χ2v) is 6.01. The van der Waals surface area contributed by atoms with Gasteiger partial charge in [-0.05, 0) is 50.1 Å². The Morgan fingerprint density at radius 3 is 2.68 bits per heavy atom. The van der Waals surface area contributed by atoms with Gasteiger partial charge >= 0.3 is 5.97 Å². The minimum absolute atomic E-state index is 0.334. The summed E-state index contributed by atoms with van der Waals surface area (Å²) in [6.45, 7) is 6.07. The van der Waals surface area contributed by atoms with Crippen LogP contribution in [0.1, 0.15) is 19.4 Å². The van der Waals surface area contributed by atoms with E-state index in [0.29, 0.717) is 6.61 Å². The van der Waals surface area contributed by atoms with Gasteiger partial charge in [0, 0.05) is 34.1 Å². The van der Waals surface area contributed by atoms with E-state index in [1.165, 1.54) is 6.08 Å². The fraction of sp³-hybridized carbons (Fsp3) is 0.190. The van der Waals surface area contributed by atoms with Crippen molar-refractivity contribution in [3.05, 3.63) is 65.9 Å². The summed E-state index contributed by atoms with van der Waals surface area (Å²) < 4.78 is 4.94. The fourth-order valence-corrected chi connectivity index (χ4v) is 2.81. The van der Waals surface area contributed by atoms with Gasteiger partial charge in [-0.25, -0.2) is 4.79 Å². The van der Waals surface area contributed by atoms with Crippen molar-refractivity contribution < 1.29 is 9.53 Å². The number of ether oxygens (including phenoxy) is 1. The molecular weight excluding hydrogens is 312 g/mol. The van der Waals surface area contributed by atoms with E-state index in [1.807, 2.05) is 32.0 Å². The molecule has 2 N–H and O–H groups in total. The zero-order valence-electron chi connectivity index (χ0n) is 14.7. The third-order valence-corrected chi connectivity index (χ3v) is 4.00. The Balaban J connectivity index is 1.90. The first-order valence-electron chi connectivity index (χ1n) is 8.37. The Morgan fingerprint density at radius 1 is 1.20 bits per heavy atom. The number of carbonyl (C=O) groups excluding carboxylic acids is 1. The number of H-pyrrole nitrogens is 1. The predicted molar refractivity (Wildman–Crippen MR) is 102 cm³/mol. The maximum absolute atomic E-state index is 11.6. The maximum atomic E-state index is 11.6. The summed E-state index contributed by atoms with van der Waals surface area (Å²) in [5.74, 6) is -0.334. The Hall–Kier alpha value is -3.01. The van der Waals surface area contributed by atoms with Crippen LogP contribution in [-0.2, 0) is 9.53 Å². The molecule has 3 rings (SSSR count). The number of aryl methyl sites for hydroxylation is 1. The van der Waals surface area contributed by atoms with Crippen LogP contribution in [0.25, 0.3) is 22.2 Å². The molecule has 2 aromatic carbocycles. The van der Waals surface area contributed by atoms with E-state index < -0.39 is 0 Å². The molecule has 0 fully saturated rings. The van der Waals surface area contributed by atoms with Crippen LogP contribution in [0.3, 0.4) is 0 Å². The Kier molecular flexibility index (Phi) is 4.89. The summed E-state index contributed by atoms with van der Waals surface area (Å²) >= 11 is 0. The third-order valence-electron chi connectivity index (χ3n) is 4.00. The molecule has 1 aromatic heterocycles. The van der Waals surface area contributed by atoms with Crippen LogP contribution in [0.15, 0.2) is 60.3 Å². The van der Waals surface area contributed by atoms with Crippen molar-refractivity contribution in [2.45, 2.75) is 20.8 Å². The average molecular weight is 334 g/mol. The highest BCUT2D eigenvalue weighted by Gasteiger charge is 2.07. The number of aromatic nitrogens is 1. The number of allylic oxidation sites excluding steroid dienone is 1. The molecule has 128 valence electrons. The molecule has 4 heteroatoms. The van der Waals surface area contributed by atoms with Gasteiger partial charge in [-0.1, -0.05) is 30.3 Å².